The number of carbonyl (C=O) groups excluding carboxylic acids is 1. The van der Waals surface area contributed by atoms with E-state index in [1.165, 1.54) is 13.8 Å². The van der Waals surface area contributed by atoms with Crippen LogP contribution < -0.4 is 5.32 Å². The van der Waals surface area contributed by atoms with Crippen LogP contribution in [-0.4, -0.2) is 42.7 Å². The molecule has 0 unspecified atom stereocenters. The maximum absolute atomic E-state index is 13.6. The van der Waals surface area contributed by atoms with Gasteiger partial charge in [-0.2, -0.15) is 48.3 Å². The van der Waals surface area contributed by atoms with Gasteiger partial charge in [-0.25, -0.2) is 0 Å². The van der Waals surface area contributed by atoms with Crippen LogP contribution >= 0.6 is 0 Å². The summed E-state index contributed by atoms with van der Waals surface area (Å²) in [7, 11) is 0. The van der Waals surface area contributed by atoms with Crippen LogP contribution in [0.5, 0.6) is 0 Å². The fourth-order valence-electron chi connectivity index (χ4n) is 1.05. The molecular weight excluding hydrogens is 375 g/mol. The first-order valence-corrected chi connectivity index (χ1v) is 5.86. The first kappa shape index (κ1) is 22.7. The topological polar surface area (TPSA) is 38.3 Å². The van der Waals surface area contributed by atoms with Crippen molar-refractivity contribution in [2.45, 2.75) is 44.1 Å². The van der Waals surface area contributed by atoms with Crippen molar-refractivity contribution in [2.24, 2.45) is 5.92 Å². The van der Waals surface area contributed by atoms with Crippen LogP contribution in [0, 0.1) is 5.92 Å². The first-order valence-electron chi connectivity index (χ1n) is 5.86. The third-order valence-electron chi connectivity index (χ3n) is 2.32. The van der Waals surface area contributed by atoms with Gasteiger partial charge in [0.1, 0.15) is 0 Å². The Balaban J connectivity index is 5.78. The van der Waals surface area contributed by atoms with E-state index in [0.717, 1.165) is 5.32 Å². The molecule has 0 aliphatic rings. The van der Waals surface area contributed by atoms with E-state index in [2.05, 4.69) is 4.74 Å². The average Bonchev–Trinajstić information content (AvgIpc) is 2.31. The van der Waals surface area contributed by atoms with E-state index in [1.807, 2.05) is 0 Å². The number of hydrogen-bond donors (Lipinski definition) is 1. The summed E-state index contributed by atoms with van der Waals surface area (Å²) in [5.41, 5.74) is 0. The third-order valence-corrected chi connectivity index (χ3v) is 2.32. The highest BCUT2D eigenvalue weighted by Gasteiger charge is 2.79. The maximum Gasteiger partial charge on any atom is 0.462 e. The highest BCUT2D eigenvalue weighted by Crippen LogP contribution is 2.50. The molecular formula is C10H10F11NO2. The predicted molar refractivity (Wildman–Crippen MR) is 54.8 cm³/mol. The van der Waals surface area contributed by atoms with Crippen molar-refractivity contribution in [1.29, 1.82) is 0 Å². The standard InChI is InChI=1S/C10H10F11NO2/c1-4(2)3-22-5(23)6(11,8(14,15)16)24-10(20,21)7(12,13)9(17,18)19/h4H,3H2,1-2H3,(H,22,23)/t6-/m1/s1. The minimum atomic E-state index is -7.19. The predicted octanol–water partition coefficient (Wildman–Crippen LogP) is 3.79. The number of hydrogen-bond acceptors (Lipinski definition) is 2. The molecule has 0 saturated carbocycles. The molecule has 1 atom stereocenters. The highest BCUT2D eigenvalue weighted by molar-refractivity contribution is 5.84. The lowest BCUT2D eigenvalue weighted by Gasteiger charge is -2.34. The summed E-state index contributed by atoms with van der Waals surface area (Å²) in [6.07, 6.45) is -20.8. The molecule has 0 saturated heterocycles. The van der Waals surface area contributed by atoms with Crippen LogP contribution in [0.4, 0.5) is 48.3 Å². The van der Waals surface area contributed by atoms with Crippen molar-refractivity contribution >= 4 is 5.91 Å². The molecule has 1 amide bonds. The molecule has 24 heavy (non-hydrogen) atoms. The number of amides is 1. The van der Waals surface area contributed by atoms with Gasteiger partial charge < -0.3 is 5.32 Å². The molecule has 0 rings (SSSR count). The second-order valence-corrected chi connectivity index (χ2v) is 4.89. The smallest absolute Gasteiger partial charge is 0.351 e. The van der Waals surface area contributed by atoms with Crippen LogP contribution in [0.2, 0.25) is 0 Å². The van der Waals surface area contributed by atoms with E-state index in [-0.39, 0.29) is 0 Å². The molecule has 0 aromatic heterocycles. The lowest BCUT2D eigenvalue weighted by Crippen LogP contribution is -2.63. The molecule has 0 aromatic carbocycles. The molecule has 0 aliphatic heterocycles. The largest absolute Gasteiger partial charge is 0.462 e. The summed E-state index contributed by atoms with van der Waals surface area (Å²) in [6, 6.07) is 0. The zero-order chi connectivity index (χ0) is 19.8. The molecule has 3 nitrogen and oxygen atoms in total. The minimum absolute atomic E-state index is 0.636. The van der Waals surface area contributed by atoms with Crippen LogP contribution in [0.25, 0.3) is 0 Å². The molecule has 0 aliphatic carbocycles. The van der Waals surface area contributed by atoms with Gasteiger partial charge in [-0.15, -0.1) is 0 Å². The normalized spacial score (nSPS) is 16.9. The summed E-state index contributed by atoms with van der Waals surface area (Å²) in [6.45, 7) is 1.83. The van der Waals surface area contributed by atoms with Crippen molar-refractivity contribution in [1.82, 2.24) is 5.32 Å². The number of halogens is 11. The number of carbonyl (C=O) groups is 1. The Morgan fingerprint density at radius 3 is 1.58 bits per heavy atom. The quantitative estimate of drug-likeness (QED) is 0.707. The van der Waals surface area contributed by atoms with Crippen molar-refractivity contribution in [3.63, 3.8) is 0 Å². The van der Waals surface area contributed by atoms with Crippen molar-refractivity contribution in [2.75, 3.05) is 6.54 Å². The van der Waals surface area contributed by atoms with Crippen LogP contribution in [-0.2, 0) is 9.53 Å². The molecule has 0 heterocycles. The molecule has 0 fully saturated rings. The maximum atomic E-state index is 13.6. The van der Waals surface area contributed by atoms with Gasteiger partial charge in [0.05, 0.1) is 0 Å². The SMILES string of the molecule is CC(C)CNC(=O)[C@@](F)(OC(F)(F)C(F)(F)C(F)(F)F)C(F)(F)F. The zero-order valence-corrected chi connectivity index (χ0v) is 11.8. The Morgan fingerprint density at radius 2 is 1.29 bits per heavy atom. The number of nitrogens with one attached hydrogen (secondary N) is 1. The van der Waals surface area contributed by atoms with Gasteiger partial charge in [0.2, 0.25) is 0 Å². The average molecular weight is 385 g/mol. The van der Waals surface area contributed by atoms with Crippen molar-refractivity contribution in [3.05, 3.63) is 0 Å². The van der Waals surface area contributed by atoms with Crippen LogP contribution in [0.3, 0.4) is 0 Å². The van der Waals surface area contributed by atoms with Gasteiger partial charge in [-0.05, 0) is 5.92 Å². The van der Waals surface area contributed by atoms with E-state index < -0.39 is 48.6 Å². The summed E-state index contributed by atoms with van der Waals surface area (Å²) in [5, 5.41) is 1.12. The summed E-state index contributed by atoms with van der Waals surface area (Å²) in [5.74, 6) is -17.0. The van der Waals surface area contributed by atoms with Gasteiger partial charge in [0, 0.05) is 6.54 Å². The second kappa shape index (κ2) is 6.52. The number of alkyl halides is 11. The first-order chi connectivity index (χ1) is 10.3. The summed E-state index contributed by atoms with van der Waals surface area (Å²) < 4.78 is 139. The lowest BCUT2D eigenvalue weighted by molar-refractivity contribution is -0.473. The monoisotopic (exact) mass is 385 g/mol. The van der Waals surface area contributed by atoms with Crippen LogP contribution in [0.15, 0.2) is 0 Å². The highest BCUT2D eigenvalue weighted by atomic mass is 19.4. The van der Waals surface area contributed by atoms with E-state index in [1.54, 1.807) is 0 Å². The van der Waals surface area contributed by atoms with Crippen LogP contribution in [0.1, 0.15) is 13.8 Å². The van der Waals surface area contributed by atoms with Crippen molar-refractivity contribution in [3.8, 4) is 0 Å². The Bertz CT molecular complexity index is 457. The molecule has 1 N–H and O–H groups in total. The van der Waals surface area contributed by atoms with Gasteiger partial charge in [-0.3, -0.25) is 9.53 Å². The summed E-state index contributed by atoms with van der Waals surface area (Å²) >= 11 is 0. The van der Waals surface area contributed by atoms with Gasteiger partial charge >= 0.3 is 30.2 Å². The van der Waals surface area contributed by atoms with E-state index in [9.17, 15) is 53.1 Å². The molecule has 0 radical (unpaired) electrons. The Labute approximate surface area is 127 Å². The van der Waals surface area contributed by atoms with E-state index in [0.29, 0.717) is 0 Å². The van der Waals surface area contributed by atoms with Crippen molar-refractivity contribution < 1.29 is 57.8 Å². The van der Waals surface area contributed by atoms with E-state index >= 15 is 0 Å². The lowest BCUT2D eigenvalue weighted by atomic mass is 10.2. The Hall–Kier alpha value is -1.34. The zero-order valence-electron chi connectivity index (χ0n) is 11.8. The molecule has 144 valence electrons. The Kier molecular flexibility index (Phi) is 6.15. The molecule has 0 spiro atoms. The Morgan fingerprint density at radius 1 is 0.875 bits per heavy atom. The molecule has 0 bridgehead atoms. The fraction of sp³-hybridized carbons (Fsp3) is 0.900. The van der Waals surface area contributed by atoms with Gasteiger partial charge in [-0.1, -0.05) is 13.8 Å². The van der Waals surface area contributed by atoms with Gasteiger partial charge in [0.25, 0.3) is 5.91 Å². The molecule has 14 heteroatoms. The number of ether oxygens (including phenoxy) is 1. The molecule has 0 aromatic rings. The van der Waals surface area contributed by atoms with Gasteiger partial charge in [0.15, 0.2) is 0 Å². The second-order valence-electron chi connectivity index (χ2n) is 4.89. The third kappa shape index (κ3) is 4.39. The fourth-order valence-corrected chi connectivity index (χ4v) is 1.05. The number of rotatable bonds is 6. The summed E-state index contributed by atoms with van der Waals surface area (Å²) in [4.78, 5) is 11.1. The minimum Gasteiger partial charge on any atom is -0.351 e. The van der Waals surface area contributed by atoms with E-state index in [4.69, 9.17) is 0 Å².